The third-order valence-electron chi connectivity index (χ3n) is 4.31. The number of phenols is 1. The molecule has 0 saturated carbocycles. The lowest BCUT2D eigenvalue weighted by atomic mass is 9.87. The first-order chi connectivity index (χ1) is 10.2. The Labute approximate surface area is 126 Å². The predicted octanol–water partition coefficient (Wildman–Crippen LogP) is 3.99. The maximum atomic E-state index is 9.63. The fraction of sp³-hybridized carbons (Fsp3) is 0.368. The molecule has 2 atom stereocenters. The second-order valence-electron chi connectivity index (χ2n) is 6.09. The van der Waals surface area contributed by atoms with Crippen molar-refractivity contribution in [2.45, 2.75) is 44.7 Å². The third kappa shape index (κ3) is 3.45. The number of hydrogen-bond donors (Lipinski definition) is 2. The summed E-state index contributed by atoms with van der Waals surface area (Å²) in [7, 11) is 0. The van der Waals surface area contributed by atoms with E-state index in [0.29, 0.717) is 17.8 Å². The number of aromatic hydroxyl groups is 1. The van der Waals surface area contributed by atoms with Gasteiger partial charge in [0.25, 0.3) is 0 Å². The van der Waals surface area contributed by atoms with Crippen LogP contribution < -0.4 is 5.32 Å². The van der Waals surface area contributed by atoms with Crippen molar-refractivity contribution < 1.29 is 5.11 Å². The van der Waals surface area contributed by atoms with Crippen molar-refractivity contribution in [3.8, 4) is 5.75 Å². The summed E-state index contributed by atoms with van der Waals surface area (Å²) in [6.07, 6.45) is 4.49. The van der Waals surface area contributed by atoms with Crippen molar-refractivity contribution in [2.24, 2.45) is 0 Å². The first kappa shape index (κ1) is 14.2. The standard InChI is InChI=1S/C19H23NO/c1-14(12-15-6-3-2-4-7-15)20-19-9-5-8-16-13-17(21)10-11-18(16)19/h2-4,6-7,10-11,13-14,19-21H,5,8-9,12H2,1H3. The third-order valence-corrected chi connectivity index (χ3v) is 4.31. The summed E-state index contributed by atoms with van der Waals surface area (Å²) in [5.74, 6) is 0.381. The molecule has 110 valence electrons. The van der Waals surface area contributed by atoms with Gasteiger partial charge in [0.15, 0.2) is 0 Å². The monoisotopic (exact) mass is 281 g/mol. The minimum absolute atomic E-state index is 0.381. The molecular formula is C19H23NO. The van der Waals surface area contributed by atoms with E-state index in [1.807, 2.05) is 6.07 Å². The summed E-state index contributed by atoms with van der Waals surface area (Å²) in [6, 6.07) is 17.3. The van der Waals surface area contributed by atoms with Crippen molar-refractivity contribution in [1.82, 2.24) is 5.32 Å². The summed E-state index contributed by atoms with van der Waals surface area (Å²) in [6.45, 7) is 2.25. The normalized spacial score (nSPS) is 19.0. The van der Waals surface area contributed by atoms with Crippen molar-refractivity contribution in [2.75, 3.05) is 0 Å². The first-order valence-electron chi connectivity index (χ1n) is 7.84. The Kier molecular flexibility index (Phi) is 4.26. The zero-order valence-electron chi connectivity index (χ0n) is 12.5. The second-order valence-corrected chi connectivity index (χ2v) is 6.09. The Hall–Kier alpha value is -1.80. The van der Waals surface area contributed by atoms with Crippen LogP contribution in [0.15, 0.2) is 48.5 Å². The van der Waals surface area contributed by atoms with Crippen LogP contribution in [0.5, 0.6) is 5.75 Å². The van der Waals surface area contributed by atoms with E-state index in [2.05, 4.69) is 48.6 Å². The molecule has 1 aliphatic carbocycles. The molecule has 2 heteroatoms. The van der Waals surface area contributed by atoms with E-state index < -0.39 is 0 Å². The zero-order chi connectivity index (χ0) is 14.7. The van der Waals surface area contributed by atoms with Gasteiger partial charge < -0.3 is 10.4 Å². The predicted molar refractivity (Wildman–Crippen MR) is 86.5 cm³/mol. The molecule has 2 unspecified atom stereocenters. The molecule has 0 radical (unpaired) electrons. The van der Waals surface area contributed by atoms with Gasteiger partial charge in [-0.2, -0.15) is 0 Å². The largest absolute Gasteiger partial charge is 0.508 e. The minimum Gasteiger partial charge on any atom is -0.508 e. The van der Waals surface area contributed by atoms with Gasteiger partial charge >= 0.3 is 0 Å². The van der Waals surface area contributed by atoms with Crippen LogP contribution in [0.3, 0.4) is 0 Å². The van der Waals surface area contributed by atoms with Crippen LogP contribution in [0.25, 0.3) is 0 Å². The highest BCUT2D eigenvalue weighted by Crippen LogP contribution is 2.32. The number of hydrogen-bond acceptors (Lipinski definition) is 2. The summed E-state index contributed by atoms with van der Waals surface area (Å²) < 4.78 is 0. The molecule has 2 nitrogen and oxygen atoms in total. The van der Waals surface area contributed by atoms with Gasteiger partial charge in [0.2, 0.25) is 0 Å². The van der Waals surface area contributed by atoms with Gasteiger partial charge in [-0.25, -0.2) is 0 Å². The van der Waals surface area contributed by atoms with Crippen LogP contribution in [0.4, 0.5) is 0 Å². The van der Waals surface area contributed by atoms with E-state index >= 15 is 0 Å². The van der Waals surface area contributed by atoms with Gasteiger partial charge in [-0.3, -0.25) is 0 Å². The SMILES string of the molecule is CC(Cc1ccccc1)NC1CCCc2cc(O)ccc21. The molecule has 3 rings (SSSR count). The fourth-order valence-electron chi connectivity index (χ4n) is 3.34. The molecule has 0 aliphatic heterocycles. The molecule has 0 spiro atoms. The number of aryl methyl sites for hydroxylation is 1. The van der Waals surface area contributed by atoms with Crippen molar-refractivity contribution in [3.05, 3.63) is 65.2 Å². The van der Waals surface area contributed by atoms with E-state index in [-0.39, 0.29) is 0 Å². The number of rotatable bonds is 4. The van der Waals surface area contributed by atoms with E-state index in [4.69, 9.17) is 0 Å². The molecule has 0 bridgehead atoms. The maximum Gasteiger partial charge on any atom is 0.115 e. The number of fused-ring (bicyclic) bond motifs is 1. The molecule has 21 heavy (non-hydrogen) atoms. The van der Waals surface area contributed by atoms with Gasteiger partial charge in [0.05, 0.1) is 0 Å². The summed E-state index contributed by atoms with van der Waals surface area (Å²) in [4.78, 5) is 0. The van der Waals surface area contributed by atoms with Gasteiger partial charge in [-0.05, 0) is 61.4 Å². The number of nitrogens with one attached hydrogen (secondary N) is 1. The average Bonchev–Trinajstić information content (AvgIpc) is 2.48. The molecule has 2 aromatic rings. The van der Waals surface area contributed by atoms with Crippen LogP contribution in [0, 0.1) is 0 Å². The molecule has 0 aromatic heterocycles. The molecule has 0 saturated heterocycles. The van der Waals surface area contributed by atoms with Gasteiger partial charge in [-0.15, -0.1) is 0 Å². The average molecular weight is 281 g/mol. The lowest BCUT2D eigenvalue weighted by molar-refractivity contribution is 0.405. The quantitative estimate of drug-likeness (QED) is 0.888. The van der Waals surface area contributed by atoms with E-state index in [0.717, 1.165) is 12.8 Å². The summed E-state index contributed by atoms with van der Waals surface area (Å²) in [5.41, 5.74) is 4.03. The molecule has 2 N–H and O–H groups in total. The Morgan fingerprint density at radius 2 is 2.00 bits per heavy atom. The topological polar surface area (TPSA) is 32.3 Å². The van der Waals surface area contributed by atoms with Gasteiger partial charge in [-0.1, -0.05) is 36.4 Å². The van der Waals surface area contributed by atoms with Crippen LogP contribution in [-0.2, 0) is 12.8 Å². The second kappa shape index (κ2) is 6.31. The van der Waals surface area contributed by atoms with Gasteiger partial charge in [0, 0.05) is 12.1 Å². The van der Waals surface area contributed by atoms with Crippen molar-refractivity contribution in [3.63, 3.8) is 0 Å². The number of phenolic OH excluding ortho intramolecular Hbond substituents is 1. The molecule has 2 aromatic carbocycles. The highest BCUT2D eigenvalue weighted by molar-refractivity contribution is 5.38. The van der Waals surface area contributed by atoms with Gasteiger partial charge in [0.1, 0.15) is 5.75 Å². The first-order valence-corrected chi connectivity index (χ1v) is 7.84. The summed E-state index contributed by atoms with van der Waals surface area (Å²) >= 11 is 0. The Balaban J connectivity index is 1.69. The molecular weight excluding hydrogens is 258 g/mol. The highest BCUT2D eigenvalue weighted by atomic mass is 16.3. The maximum absolute atomic E-state index is 9.63. The van der Waals surface area contributed by atoms with Crippen LogP contribution in [0.2, 0.25) is 0 Å². The molecule has 1 aliphatic rings. The van der Waals surface area contributed by atoms with E-state index in [9.17, 15) is 5.11 Å². The van der Waals surface area contributed by atoms with Crippen LogP contribution in [0.1, 0.15) is 42.5 Å². The highest BCUT2D eigenvalue weighted by Gasteiger charge is 2.21. The molecule has 0 heterocycles. The zero-order valence-corrected chi connectivity index (χ0v) is 12.5. The Morgan fingerprint density at radius 3 is 2.81 bits per heavy atom. The van der Waals surface area contributed by atoms with Crippen molar-refractivity contribution >= 4 is 0 Å². The fourth-order valence-corrected chi connectivity index (χ4v) is 3.34. The van der Waals surface area contributed by atoms with E-state index in [1.165, 1.54) is 29.5 Å². The Bertz CT molecular complexity index is 594. The van der Waals surface area contributed by atoms with Crippen molar-refractivity contribution in [1.29, 1.82) is 0 Å². The summed E-state index contributed by atoms with van der Waals surface area (Å²) in [5, 5.41) is 13.4. The van der Waals surface area contributed by atoms with Crippen LogP contribution >= 0.6 is 0 Å². The Morgan fingerprint density at radius 1 is 1.19 bits per heavy atom. The molecule has 0 amide bonds. The van der Waals surface area contributed by atoms with E-state index in [1.54, 1.807) is 6.07 Å². The molecule has 0 fully saturated rings. The van der Waals surface area contributed by atoms with Crippen LogP contribution in [-0.4, -0.2) is 11.1 Å². The smallest absolute Gasteiger partial charge is 0.115 e. The number of benzene rings is 2. The lowest BCUT2D eigenvalue weighted by Crippen LogP contribution is -2.34. The lowest BCUT2D eigenvalue weighted by Gasteiger charge is -2.29. The minimum atomic E-state index is 0.381.